The number of amides is 1. The van der Waals surface area contributed by atoms with Crippen LogP contribution in [0.4, 0.5) is 0 Å². The van der Waals surface area contributed by atoms with Crippen LogP contribution in [-0.4, -0.2) is 29.7 Å². The largest absolute Gasteiger partial charge is 0.394 e. The molecular formula is C13H17N3O2. The van der Waals surface area contributed by atoms with Crippen LogP contribution in [0.15, 0.2) is 22.9 Å². The van der Waals surface area contributed by atoms with Gasteiger partial charge in [0.15, 0.2) is 0 Å². The summed E-state index contributed by atoms with van der Waals surface area (Å²) in [6.45, 7) is 0.0274. The van der Waals surface area contributed by atoms with Gasteiger partial charge in [-0.1, -0.05) is 11.6 Å². The molecule has 2 saturated carbocycles. The summed E-state index contributed by atoms with van der Waals surface area (Å²) in [4.78, 5) is 12.2. The lowest BCUT2D eigenvalue weighted by atomic mass is 10.1. The van der Waals surface area contributed by atoms with Crippen LogP contribution >= 0.6 is 0 Å². The van der Waals surface area contributed by atoms with E-state index in [1.165, 1.54) is 12.0 Å². The Kier molecular flexibility index (Phi) is 2.11. The number of hydrazine groups is 1. The zero-order valence-corrected chi connectivity index (χ0v) is 10.1. The van der Waals surface area contributed by atoms with Crippen molar-refractivity contribution in [3.8, 4) is 0 Å². The van der Waals surface area contributed by atoms with Crippen LogP contribution in [0.1, 0.15) is 19.3 Å². The maximum atomic E-state index is 12.2. The molecule has 4 N–H and O–H groups in total. The third kappa shape index (κ3) is 1.51. The minimum atomic E-state index is -0.0934. The number of aliphatic hydroxyl groups excluding tert-OH is 1. The molecule has 96 valence electrons. The van der Waals surface area contributed by atoms with Gasteiger partial charge in [-0.2, -0.15) is 0 Å². The van der Waals surface area contributed by atoms with Crippen molar-refractivity contribution in [3.05, 3.63) is 22.9 Å². The van der Waals surface area contributed by atoms with Crippen molar-refractivity contribution in [1.82, 2.24) is 16.2 Å². The first-order valence-corrected chi connectivity index (χ1v) is 6.66. The Hall–Kier alpha value is -1.33. The molecule has 3 atom stereocenters. The molecule has 0 spiro atoms. The van der Waals surface area contributed by atoms with Crippen LogP contribution in [0.2, 0.25) is 0 Å². The molecule has 4 aliphatic rings. The highest BCUT2D eigenvalue weighted by Crippen LogP contribution is 2.50. The average molecular weight is 247 g/mol. The summed E-state index contributed by atoms with van der Waals surface area (Å²) < 4.78 is 0. The molecule has 3 aliphatic carbocycles. The standard InChI is InChI=1S/C13H17N3O2/c17-5-10(6-1-2-6)14-13(18)12-9-4-7-3-8(7)11(9)15-16-12/h4,6,8,10-11,15-17H,1-3,5H2,(H,14,18)/t8?,10-,11?/m1/s1. The van der Waals surface area contributed by atoms with Gasteiger partial charge in [-0.3, -0.25) is 4.79 Å². The number of nitrogens with one attached hydrogen (secondary N) is 3. The predicted octanol–water partition coefficient (Wildman–Crippen LogP) is -0.436. The number of carbonyl (C=O) groups is 1. The molecular weight excluding hydrogens is 230 g/mol. The highest BCUT2D eigenvalue weighted by molar-refractivity contribution is 5.95. The second-order valence-corrected chi connectivity index (χ2v) is 5.71. The normalized spacial score (nSPS) is 33.5. The minimum Gasteiger partial charge on any atom is -0.394 e. The lowest BCUT2D eigenvalue weighted by molar-refractivity contribution is -0.119. The Morgan fingerprint density at radius 1 is 1.56 bits per heavy atom. The van der Waals surface area contributed by atoms with Gasteiger partial charge in [0.05, 0.1) is 18.7 Å². The van der Waals surface area contributed by atoms with Gasteiger partial charge in [-0.25, -0.2) is 5.43 Å². The number of rotatable bonds is 4. The van der Waals surface area contributed by atoms with Crippen LogP contribution in [0.5, 0.6) is 0 Å². The van der Waals surface area contributed by atoms with Crippen molar-refractivity contribution >= 4 is 5.91 Å². The van der Waals surface area contributed by atoms with Crippen LogP contribution in [0, 0.1) is 11.8 Å². The second kappa shape index (κ2) is 3.59. The van der Waals surface area contributed by atoms with Crippen LogP contribution < -0.4 is 16.2 Å². The molecule has 0 bridgehead atoms. The molecule has 5 heteroatoms. The quantitative estimate of drug-likeness (QED) is 0.543. The molecule has 0 aromatic rings. The van der Waals surface area contributed by atoms with Crippen LogP contribution in [-0.2, 0) is 4.79 Å². The van der Waals surface area contributed by atoms with E-state index < -0.39 is 0 Å². The number of carbonyl (C=O) groups excluding carboxylic acids is 1. The first kappa shape index (κ1) is 10.6. The van der Waals surface area contributed by atoms with E-state index in [2.05, 4.69) is 22.2 Å². The van der Waals surface area contributed by atoms with Gasteiger partial charge in [0.25, 0.3) is 5.91 Å². The zero-order chi connectivity index (χ0) is 12.3. The van der Waals surface area contributed by atoms with Crippen molar-refractivity contribution in [3.63, 3.8) is 0 Å². The van der Waals surface area contributed by atoms with E-state index >= 15 is 0 Å². The van der Waals surface area contributed by atoms with Crippen molar-refractivity contribution in [2.75, 3.05) is 6.61 Å². The summed E-state index contributed by atoms with van der Waals surface area (Å²) in [5, 5.41) is 12.2. The molecule has 2 unspecified atom stereocenters. The van der Waals surface area contributed by atoms with Crippen LogP contribution in [0.25, 0.3) is 0 Å². The molecule has 0 saturated heterocycles. The molecule has 2 fully saturated rings. The van der Waals surface area contributed by atoms with Gasteiger partial charge in [0.1, 0.15) is 5.70 Å². The molecule has 1 aliphatic heterocycles. The van der Waals surface area contributed by atoms with Crippen molar-refractivity contribution < 1.29 is 9.90 Å². The summed E-state index contributed by atoms with van der Waals surface area (Å²) in [6.07, 6.45) is 5.52. The Balaban J connectivity index is 1.51. The van der Waals surface area contributed by atoms with Gasteiger partial charge >= 0.3 is 0 Å². The summed E-state index contributed by atoms with van der Waals surface area (Å²) in [6, 6.07) is 0.198. The number of hydrogen-bond acceptors (Lipinski definition) is 4. The highest BCUT2D eigenvalue weighted by atomic mass is 16.3. The fourth-order valence-corrected chi connectivity index (χ4v) is 3.07. The van der Waals surface area contributed by atoms with Gasteiger partial charge in [0, 0.05) is 11.5 Å². The smallest absolute Gasteiger partial charge is 0.269 e. The zero-order valence-electron chi connectivity index (χ0n) is 10.1. The summed E-state index contributed by atoms with van der Waals surface area (Å²) in [5.74, 6) is 0.976. The van der Waals surface area contributed by atoms with E-state index in [1.54, 1.807) is 0 Å². The molecule has 18 heavy (non-hydrogen) atoms. The molecule has 1 amide bonds. The maximum absolute atomic E-state index is 12.2. The fraction of sp³-hybridized carbons (Fsp3) is 0.615. The van der Waals surface area contributed by atoms with Gasteiger partial charge in [-0.05, 0) is 25.2 Å². The van der Waals surface area contributed by atoms with E-state index in [9.17, 15) is 9.90 Å². The lowest BCUT2D eigenvalue weighted by Gasteiger charge is -2.16. The SMILES string of the molecule is O=C(N[C@H](CO)C1CC1)C1=C2C=C3CC3C2NN1. The monoisotopic (exact) mass is 247 g/mol. The van der Waals surface area contributed by atoms with Gasteiger partial charge in [-0.15, -0.1) is 0 Å². The predicted molar refractivity (Wildman–Crippen MR) is 65.0 cm³/mol. The lowest BCUT2D eigenvalue weighted by Crippen LogP contribution is -2.43. The molecule has 0 aromatic carbocycles. The third-order valence-corrected chi connectivity index (χ3v) is 4.42. The van der Waals surface area contributed by atoms with E-state index in [1.807, 2.05) is 0 Å². The number of aliphatic hydroxyl groups is 1. The van der Waals surface area contributed by atoms with E-state index in [0.29, 0.717) is 17.5 Å². The molecule has 0 radical (unpaired) electrons. The summed E-state index contributed by atoms with van der Waals surface area (Å²) in [5.41, 5.74) is 9.35. The number of hydrogen-bond donors (Lipinski definition) is 4. The molecule has 0 aromatic heterocycles. The van der Waals surface area contributed by atoms with Crippen molar-refractivity contribution in [2.45, 2.75) is 31.3 Å². The first-order valence-electron chi connectivity index (χ1n) is 6.66. The Morgan fingerprint density at radius 2 is 2.39 bits per heavy atom. The molecule has 5 nitrogen and oxygen atoms in total. The van der Waals surface area contributed by atoms with Crippen LogP contribution in [0.3, 0.4) is 0 Å². The maximum Gasteiger partial charge on any atom is 0.269 e. The third-order valence-electron chi connectivity index (χ3n) is 4.42. The topological polar surface area (TPSA) is 73.4 Å². The second-order valence-electron chi connectivity index (χ2n) is 5.71. The molecule has 4 rings (SSSR count). The van der Waals surface area contributed by atoms with E-state index in [4.69, 9.17) is 0 Å². The van der Waals surface area contributed by atoms with Gasteiger partial charge < -0.3 is 15.8 Å². The van der Waals surface area contributed by atoms with Crippen molar-refractivity contribution in [1.29, 1.82) is 0 Å². The number of fused-ring (bicyclic) bond motifs is 3. The Labute approximate surface area is 105 Å². The summed E-state index contributed by atoms with van der Waals surface area (Å²) in [7, 11) is 0. The fourth-order valence-electron chi connectivity index (χ4n) is 3.07. The van der Waals surface area contributed by atoms with Crippen molar-refractivity contribution in [2.24, 2.45) is 11.8 Å². The van der Waals surface area contributed by atoms with E-state index in [0.717, 1.165) is 18.4 Å². The van der Waals surface area contributed by atoms with Gasteiger partial charge in [0.2, 0.25) is 0 Å². The van der Waals surface area contributed by atoms with E-state index in [-0.39, 0.29) is 24.6 Å². The summed E-state index contributed by atoms with van der Waals surface area (Å²) >= 11 is 0. The highest BCUT2D eigenvalue weighted by Gasteiger charge is 2.48. The average Bonchev–Trinajstić information content (AvgIpc) is 3.26. The first-order chi connectivity index (χ1) is 8.78. The molecule has 1 heterocycles. The Morgan fingerprint density at radius 3 is 3.11 bits per heavy atom. The minimum absolute atomic E-state index is 0.0274. The Bertz CT molecular complexity index is 479.